The van der Waals surface area contributed by atoms with Gasteiger partial charge in [0, 0.05) is 19.3 Å². The van der Waals surface area contributed by atoms with E-state index in [2.05, 4.69) is 15.4 Å². The van der Waals surface area contributed by atoms with Crippen LogP contribution in [0.5, 0.6) is 5.75 Å². The molecule has 4 rings (SSSR count). The Labute approximate surface area is 267 Å². The van der Waals surface area contributed by atoms with E-state index in [1.54, 1.807) is 39.2 Å². The normalized spacial score (nSPS) is 16.0. The molecule has 13 nitrogen and oxygen atoms in total. The lowest BCUT2D eigenvalue weighted by molar-refractivity contribution is -0.137. The topological polar surface area (TPSA) is 183 Å². The average Bonchev–Trinajstić information content (AvgIpc) is 3.11. The quantitative estimate of drug-likeness (QED) is 0.173. The van der Waals surface area contributed by atoms with Crippen molar-refractivity contribution in [3.05, 3.63) is 64.7 Å². The number of benzene rings is 2. The molecule has 1 fully saturated rings. The van der Waals surface area contributed by atoms with E-state index in [4.69, 9.17) is 0 Å². The number of carbonyl (C=O) groups excluding carboxylic acids is 5. The number of methoxy groups -OCH3 is 1. The van der Waals surface area contributed by atoms with Gasteiger partial charge >= 0.3 is 5.97 Å². The van der Waals surface area contributed by atoms with Crippen LogP contribution in [0.2, 0.25) is 0 Å². The lowest BCUT2D eigenvalue weighted by atomic mass is 9.90. The zero-order valence-corrected chi connectivity index (χ0v) is 26.4. The van der Waals surface area contributed by atoms with E-state index in [0.29, 0.717) is 11.1 Å². The van der Waals surface area contributed by atoms with Crippen LogP contribution in [0.4, 0.5) is 11.4 Å². The summed E-state index contributed by atoms with van der Waals surface area (Å²) in [5.41, 5.74) is 2.45. The number of nitrogens with zero attached hydrogens (tertiary/aromatic N) is 2. The van der Waals surface area contributed by atoms with Gasteiger partial charge in [0.15, 0.2) is 0 Å². The number of anilines is 2. The van der Waals surface area contributed by atoms with Crippen LogP contribution in [0.15, 0.2) is 48.0 Å². The molecule has 246 valence electrons. The van der Waals surface area contributed by atoms with Crippen molar-refractivity contribution in [3.8, 4) is 5.75 Å². The summed E-state index contributed by atoms with van der Waals surface area (Å²) in [4.78, 5) is 78.2. The Morgan fingerprint density at radius 1 is 1.09 bits per heavy atom. The molecule has 13 heteroatoms. The monoisotopic (exact) mass is 636 g/mol. The number of phenolic OH excluding ortho intramolecular Hbond substituents is 1. The third kappa shape index (κ3) is 9.00. The average molecular weight is 637 g/mol. The second kappa shape index (κ2) is 16.3. The maximum Gasteiger partial charge on any atom is 0.305 e. The van der Waals surface area contributed by atoms with Crippen LogP contribution in [-0.4, -0.2) is 85.0 Å². The molecule has 2 unspecified atom stereocenters. The number of nitrogens with one attached hydrogen (secondary N) is 2. The first-order valence-electron chi connectivity index (χ1n) is 14.9. The smallest absolute Gasteiger partial charge is 0.305 e. The number of hydrogen-bond acceptors (Lipinski definition) is 8. The van der Waals surface area contributed by atoms with Gasteiger partial charge in [-0.25, -0.2) is 0 Å². The number of allylic oxidation sites excluding steroid dienone is 1. The van der Waals surface area contributed by atoms with Crippen LogP contribution in [0, 0.1) is 13.8 Å². The number of aromatic hydroxyl groups is 1. The Hall–Kier alpha value is -5.04. The first kappa shape index (κ1) is 35.4. The highest BCUT2D eigenvalue weighted by Gasteiger charge is 2.38. The van der Waals surface area contributed by atoms with Gasteiger partial charge in [-0.3, -0.25) is 33.7 Å². The fraction of sp³-hybridized carbons (Fsp3) is 0.394. The lowest BCUT2D eigenvalue weighted by Crippen LogP contribution is -2.54. The van der Waals surface area contributed by atoms with Gasteiger partial charge in [-0.15, -0.1) is 0 Å². The molecule has 4 N–H and O–H groups in total. The number of carboxylic acid groups (broad SMARTS) is 1. The van der Waals surface area contributed by atoms with Gasteiger partial charge in [0.2, 0.25) is 12.2 Å². The Morgan fingerprint density at radius 2 is 1.70 bits per heavy atom. The van der Waals surface area contributed by atoms with Gasteiger partial charge in [0.25, 0.3) is 17.7 Å². The molecular formula is C33H40N4O9. The third-order valence-electron chi connectivity index (χ3n) is 7.58. The first-order valence-corrected chi connectivity index (χ1v) is 14.9. The third-order valence-corrected chi connectivity index (χ3v) is 7.58. The number of para-hydroxylation sites is 2. The summed E-state index contributed by atoms with van der Waals surface area (Å²) in [6, 6.07) is 6.97. The van der Waals surface area contributed by atoms with E-state index in [9.17, 15) is 39.0 Å². The van der Waals surface area contributed by atoms with Crippen LogP contribution in [0.1, 0.15) is 54.1 Å². The van der Waals surface area contributed by atoms with Crippen LogP contribution in [0.3, 0.4) is 0 Å². The highest BCUT2D eigenvalue weighted by Crippen LogP contribution is 2.33. The Morgan fingerprint density at radius 3 is 2.22 bits per heavy atom. The molecule has 0 saturated heterocycles. The number of hydrogen-bond donors (Lipinski definition) is 4. The SMILES string of the molecule is CCOC.Cc1cc(C(=O)NC2CN(C(=O)C=O)c3ccccc3N(CC(=O)NC(C=C3CCC3)CC(=O)O)C2=O)cc(C)c1O. The van der Waals surface area contributed by atoms with Crippen molar-refractivity contribution in [2.75, 3.05) is 36.6 Å². The van der Waals surface area contributed by atoms with E-state index in [1.807, 2.05) is 6.92 Å². The van der Waals surface area contributed by atoms with E-state index in [0.717, 1.165) is 41.2 Å². The van der Waals surface area contributed by atoms with Crippen molar-refractivity contribution < 1.29 is 43.7 Å². The van der Waals surface area contributed by atoms with Crippen LogP contribution in [-0.2, 0) is 28.7 Å². The highest BCUT2D eigenvalue weighted by atomic mass is 16.5. The number of aryl methyl sites for hydroxylation is 2. The summed E-state index contributed by atoms with van der Waals surface area (Å²) >= 11 is 0. The standard InChI is InChI=1S/C30H32N4O8.C3H8O/c1-17-10-20(11-18(2)28(17)40)29(41)32-22-14-33(26(37)16-35)23-8-3-4-9-24(23)34(30(22)42)15-25(36)31-21(13-27(38)39)12-19-6-5-7-19;1-3-4-2/h3-4,8-12,16,21-22,40H,5-7,13-15H2,1-2H3,(H,31,36)(H,32,41)(H,38,39);3H2,1-2H3. The number of aliphatic carboxylic acids is 1. The van der Waals surface area contributed by atoms with Crippen molar-refractivity contribution >= 4 is 47.3 Å². The number of rotatable bonds is 10. The number of fused-ring (bicyclic) bond motifs is 1. The molecule has 46 heavy (non-hydrogen) atoms. The number of aldehydes is 1. The minimum atomic E-state index is -1.36. The highest BCUT2D eigenvalue weighted by molar-refractivity contribution is 6.31. The second-order valence-electron chi connectivity index (χ2n) is 11.0. The van der Waals surface area contributed by atoms with Crippen molar-refractivity contribution in [1.82, 2.24) is 10.6 Å². The Balaban J connectivity index is 0.00000136. The Bertz CT molecular complexity index is 1490. The summed E-state index contributed by atoms with van der Waals surface area (Å²) in [6.45, 7) is 5.09. The summed E-state index contributed by atoms with van der Waals surface area (Å²) in [7, 11) is 1.68. The number of phenols is 1. The van der Waals surface area contributed by atoms with Crippen molar-refractivity contribution in [2.45, 2.75) is 58.5 Å². The van der Waals surface area contributed by atoms with Crippen LogP contribution < -0.4 is 20.4 Å². The van der Waals surface area contributed by atoms with E-state index >= 15 is 0 Å². The molecule has 1 aliphatic heterocycles. The largest absolute Gasteiger partial charge is 0.507 e. The zero-order valence-electron chi connectivity index (χ0n) is 26.4. The fourth-order valence-electron chi connectivity index (χ4n) is 5.03. The molecule has 0 spiro atoms. The molecule has 1 aliphatic carbocycles. The predicted molar refractivity (Wildman–Crippen MR) is 170 cm³/mol. The maximum atomic E-state index is 13.9. The molecule has 0 aromatic heterocycles. The summed E-state index contributed by atoms with van der Waals surface area (Å²) in [5, 5.41) is 24.7. The van der Waals surface area contributed by atoms with Gasteiger partial charge in [-0.05, 0) is 75.4 Å². The van der Waals surface area contributed by atoms with Gasteiger partial charge in [-0.1, -0.05) is 23.8 Å². The molecule has 2 aromatic carbocycles. The molecule has 2 atom stereocenters. The molecule has 0 bridgehead atoms. The fourth-order valence-corrected chi connectivity index (χ4v) is 5.03. The summed E-state index contributed by atoms with van der Waals surface area (Å²) < 4.78 is 4.54. The first-order chi connectivity index (χ1) is 21.9. The molecule has 1 saturated carbocycles. The molecule has 1 heterocycles. The van der Waals surface area contributed by atoms with Gasteiger partial charge in [-0.2, -0.15) is 0 Å². The van der Waals surface area contributed by atoms with E-state index < -0.39 is 48.2 Å². The molecule has 2 aliphatic rings. The summed E-state index contributed by atoms with van der Waals surface area (Å²) in [5.74, 6) is -4.05. The van der Waals surface area contributed by atoms with Crippen LogP contribution in [0.25, 0.3) is 0 Å². The van der Waals surface area contributed by atoms with Crippen LogP contribution >= 0.6 is 0 Å². The summed E-state index contributed by atoms with van der Waals surface area (Å²) in [6.07, 6.45) is 4.12. The van der Waals surface area contributed by atoms with Crippen molar-refractivity contribution in [2.24, 2.45) is 0 Å². The number of ether oxygens (including phenoxy) is 1. The molecule has 4 amide bonds. The van der Waals surface area contributed by atoms with Crippen molar-refractivity contribution in [3.63, 3.8) is 0 Å². The number of carboxylic acids is 1. The second-order valence-corrected chi connectivity index (χ2v) is 11.0. The predicted octanol–water partition coefficient (Wildman–Crippen LogP) is 2.41. The number of carbonyl (C=O) groups is 6. The number of amides is 4. The molecular weight excluding hydrogens is 596 g/mol. The van der Waals surface area contributed by atoms with E-state index in [-0.39, 0.29) is 41.9 Å². The minimum absolute atomic E-state index is 0.0293. The molecule has 2 aromatic rings. The van der Waals surface area contributed by atoms with Gasteiger partial charge < -0.3 is 30.5 Å². The van der Waals surface area contributed by atoms with Gasteiger partial charge in [0.05, 0.1) is 30.4 Å². The minimum Gasteiger partial charge on any atom is -0.507 e. The molecule has 0 radical (unpaired) electrons. The van der Waals surface area contributed by atoms with Crippen molar-refractivity contribution in [1.29, 1.82) is 0 Å². The lowest BCUT2D eigenvalue weighted by Gasteiger charge is -2.26. The Kier molecular flexibility index (Phi) is 12.6. The maximum absolute atomic E-state index is 13.9. The zero-order chi connectivity index (χ0) is 34.0. The van der Waals surface area contributed by atoms with Gasteiger partial charge in [0.1, 0.15) is 18.3 Å². The van der Waals surface area contributed by atoms with E-state index in [1.165, 1.54) is 24.3 Å².